The Morgan fingerprint density at radius 1 is 1.39 bits per heavy atom. The highest BCUT2D eigenvalue weighted by molar-refractivity contribution is 6.00. The van der Waals surface area contributed by atoms with Crippen molar-refractivity contribution in [3.05, 3.63) is 23.8 Å². The number of ketones is 1. The van der Waals surface area contributed by atoms with E-state index in [-0.39, 0.29) is 18.0 Å². The number of hydrogen-bond donors (Lipinski definition) is 1. The summed E-state index contributed by atoms with van der Waals surface area (Å²) >= 11 is 0. The van der Waals surface area contributed by atoms with E-state index in [1.165, 1.54) is 12.1 Å². The molecular weight excluding hydrogens is 298 g/mol. The van der Waals surface area contributed by atoms with Crippen molar-refractivity contribution in [2.75, 3.05) is 13.1 Å². The number of hydrogen-bond acceptors (Lipinski definition) is 5. The number of aromatic hydroxyl groups is 1. The Bertz CT molecular complexity index is 663. The minimum Gasteiger partial charge on any atom is -0.508 e. The molecule has 3 rings (SSSR count). The monoisotopic (exact) mass is 319 g/mol. The fourth-order valence-corrected chi connectivity index (χ4v) is 3.04. The number of fused-ring (bicyclic) bond motifs is 1. The molecule has 0 radical (unpaired) electrons. The molecule has 1 aromatic carbocycles. The molecule has 2 aliphatic rings. The lowest BCUT2D eigenvalue weighted by Gasteiger charge is -2.34. The summed E-state index contributed by atoms with van der Waals surface area (Å²) in [5.41, 5.74) is -0.812. The third-order valence-corrected chi connectivity index (χ3v) is 4.04. The number of amides is 1. The molecule has 1 spiro atoms. The van der Waals surface area contributed by atoms with Crippen LogP contribution in [0.25, 0.3) is 0 Å². The van der Waals surface area contributed by atoms with Crippen LogP contribution in [0.15, 0.2) is 18.2 Å². The summed E-state index contributed by atoms with van der Waals surface area (Å²) in [6, 6.07) is 4.49. The second kappa shape index (κ2) is 5.15. The lowest BCUT2D eigenvalue weighted by Crippen LogP contribution is -2.46. The topological polar surface area (TPSA) is 76.1 Å². The van der Waals surface area contributed by atoms with Gasteiger partial charge in [-0.25, -0.2) is 4.79 Å². The van der Waals surface area contributed by atoms with E-state index >= 15 is 0 Å². The molecule has 0 aromatic heterocycles. The van der Waals surface area contributed by atoms with Crippen LogP contribution < -0.4 is 4.74 Å². The molecule has 0 bridgehead atoms. The lowest BCUT2D eigenvalue weighted by molar-refractivity contribution is 0.0171. The van der Waals surface area contributed by atoms with Crippen molar-refractivity contribution in [2.45, 2.75) is 44.8 Å². The van der Waals surface area contributed by atoms with Crippen LogP contribution in [0.4, 0.5) is 4.79 Å². The fraction of sp³-hybridized carbons (Fsp3) is 0.529. The number of rotatable bonds is 0. The number of carbonyl (C=O) groups is 2. The Labute approximate surface area is 135 Å². The molecule has 124 valence electrons. The number of benzene rings is 1. The number of likely N-dealkylation sites (tertiary alicyclic amines) is 1. The number of nitrogens with zero attached hydrogens (tertiary/aromatic N) is 1. The van der Waals surface area contributed by atoms with Crippen molar-refractivity contribution < 1.29 is 24.2 Å². The summed E-state index contributed by atoms with van der Waals surface area (Å²) in [5, 5.41) is 9.60. The van der Waals surface area contributed by atoms with Gasteiger partial charge >= 0.3 is 6.09 Å². The lowest BCUT2D eigenvalue weighted by atomic mass is 9.89. The maximum Gasteiger partial charge on any atom is 0.410 e. The van der Waals surface area contributed by atoms with E-state index < -0.39 is 17.3 Å². The van der Waals surface area contributed by atoms with E-state index in [4.69, 9.17) is 9.47 Å². The first-order chi connectivity index (χ1) is 10.7. The zero-order chi connectivity index (χ0) is 16.8. The Kier molecular flexibility index (Phi) is 3.50. The summed E-state index contributed by atoms with van der Waals surface area (Å²) in [7, 11) is 0. The van der Waals surface area contributed by atoms with Crippen molar-refractivity contribution in [3.63, 3.8) is 0 Å². The van der Waals surface area contributed by atoms with Crippen LogP contribution in [0.3, 0.4) is 0 Å². The first-order valence-electron chi connectivity index (χ1n) is 7.71. The Hall–Kier alpha value is -2.24. The smallest absolute Gasteiger partial charge is 0.410 e. The summed E-state index contributed by atoms with van der Waals surface area (Å²) in [4.78, 5) is 26.1. The molecule has 2 aliphatic heterocycles. The van der Waals surface area contributed by atoms with Crippen molar-refractivity contribution in [2.24, 2.45) is 0 Å². The molecule has 6 heteroatoms. The van der Waals surface area contributed by atoms with E-state index in [0.29, 0.717) is 30.8 Å². The van der Waals surface area contributed by atoms with E-state index in [9.17, 15) is 14.7 Å². The summed E-state index contributed by atoms with van der Waals surface area (Å²) in [6.45, 7) is 6.24. The minimum absolute atomic E-state index is 0.0303. The number of phenols is 1. The van der Waals surface area contributed by atoms with Gasteiger partial charge in [-0.05, 0) is 32.9 Å². The maximum absolute atomic E-state index is 12.4. The van der Waals surface area contributed by atoms with Gasteiger partial charge in [0.15, 0.2) is 5.78 Å². The van der Waals surface area contributed by atoms with Crippen LogP contribution in [0.5, 0.6) is 11.5 Å². The molecule has 1 N–H and O–H groups in total. The summed E-state index contributed by atoms with van der Waals surface area (Å²) < 4.78 is 11.4. The summed E-state index contributed by atoms with van der Waals surface area (Å²) in [6.07, 6.45) is 0.393. The van der Waals surface area contributed by atoms with Crippen LogP contribution in [0.2, 0.25) is 0 Å². The highest BCUT2D eigenvalue weighted by Gasteiger charge is 2.47. The average molecular weight is 319 g/mol. The van der Waals surface area contributed by atoms with Crippen LogP contribution >= 0.6 is 0 Å². The number of carbonyl (C=O) groups excluding carboxylic acids is 2. The van der Waals surface area contributed by atoms with Gasteiger partial charge < -0.3 is 19.5 Å². The predicted octanol–water partition coefficient (Wildman–Crippen LogP) is 2.74. The van der Waals surface area contributed by atoms with E-state index in [1.54, 1.807) is 11.0 Å². The standard InChI is InChI=1S/C17H21NO5/c1-16(2,3)23-15(21)18-7-6-17(10-18)9-13(20)12-5-4-11(19)8-14(12)22-17/h4-5,8,19H,6-7,9-10H2,1-3H3/t17-/m1/s1. The van der Waals surface area contributed by atoms with Gasteiger partial charge in [0.05, 0.1) is 18.5 Å². The van der Waals surface area contributed by atoms with Crippen molar-refractivity contribution in [1.82, 2.24) is 4.90 Å². The molecule has 23 heavy (non-hydrogen) atoms. The van der Waals surface area contributed by atoms with Crippen molar-refractivity contribution in [3.8, 4) is 11.5 Å². The highest BCUT2D eigenvalue weighted by Crippen LogP contribution is 2.40. The van der Waals surface area contributed by atoms with Crippen molar-refractivity contribution >= 4 is 11.9 Å². The molecule has 1 amide bonds. The predicted molar refractivity (Wildman–Crippen MR) is 82.8 cm³/mol. The first-order valence-corrected chi connectivity index (χ1v) is 7.71. The van der Waals surface area contributed by atoms with E-state index in [1.807, 2.05) is 20.8 Å². The molecule has 0 unspecified atom stereocenters. The quantitative estimate of drug-likeness (QED) is 0.795. The van der Waals surface area contributed by atoms with Gasteiger partial charge in [-0.1, -0.05) is 0 Å². The Morgan fingerprint density at radius 2 is 2.13 bits per heavy atom. The zero-order valence-electron chi connectivity index (χ0n) is 13.6. The van der Waals surface area contributed by atoms with Crippen molar-refractivity contribution in [1.29, 1.82) is 0 Å². The molecule has 6 nitrogen and oxygen atoms in total. The van der Waals surface area contributed by atoms with Crippen LogP contribution in [0, 0.1) is 0 Å². The van der Waals surface area contributed by atoms with Gasteiger partial charge in [0, 0.05) is 19.0 Å². The van der Waals surface area contributed by atoms with Gasteiger partial charge in [-0.15, -0.1) is 0 Å². The van der Waals surface area contributed by atoms with Crippen LogP contribution in [-0.4, -0.2) is 46.2 Å². The second-order valence-electron chi connectivity index (χ2n) is 7.22. The highest BCUT2D eigenvalue weighted by atomic mass is 16.6. The van der Waals surface area contributed by atoms with E-state index in [2.05, 4.69) is 0 Å². The molecule has 1 aromatic rings. The zero-order valence-corrected chi connectivity index (χ0v) is 13.6. The van der Waals surface area contributed by atoms with Gasteiger partial charge in [-0.2, -0.15) is 0 Å². The maximum atomic E-state index is 12.4. The number of phenolic OH excluding ortho intramolecular Hbond substituents is 1. The Morgan fingerprint density at radius 3 is 2.83 bits per heavy atom. The molecule has 0 saturated carbocycles. The third kappa shape index (κ3) is 3.11. The molecular formula is C17H21NO5. The SMILES string of the molecule is CC(C)(C)OC(=O)N1CC[C@@]2(CC(=O)c3ccc(O)cc3O2)C1. The Balaban J connectivity index is 1.78. The summed E-state index contributed by atoms with van der Waals surface area (Å²) in [5.74, 6) is 0.403. The van der Waals surface area contributed by atoms with Gasteiger partial charge in [0.25, 0.3) is 0 Å². The number of Topliss-reactive ketones (excluding diaryl/α,β-unsaturated/α-hetero) is 1. The second-order valence-corrected chi connectivity index (χ2v) is 7.22. The third-order valence-electron chi connectivity index (χ3n) is 4.04. The molecule has 1 saturated heterocycles. The fourth-order valence-electron chi connectivity index (χ4n) is 3.04. The normalized spacial score (nSPS) is 23.6. The largest absolute Gasteiger partial charge is 0.508 e. The number of ether oxygens (including phenoxy) is 2. The van der Waals surface area contributed by atoms with Gasteiger partial charge in [0.2, 0.25) is 0 Å². The first kappa shape index (κ1) is 15.6. The van der Waals surface area contributed by atoms with Crippen LogP contribution in [0.1, 0.15) is 44.0 Å². The van der Waals surface area contributed by atoms with Gasteiger partial charge in [0.1, 0.15) is 22.7 Å². The average Bonchev–Trinajstić information content (AvgIpc) is 2.79. The minimum atomic E-state index is -0.727. The molecule has 0 aliphatic carbocycles. The van der Waals surface area contributed by atoms with E-state index in [0.717, 1.165) is 0 Å². The molecule has 2 heterocycles. The molecule has 1 atom stereocenters. The van der Waals surface area contributed by atoms with Crippen LogP contribution in [-0.2, 0) is 4.74 Å². The molecule has 1 fully saturated rings. The van der Waals surface area contributed by atoms with Gasteiger partial charge in [-0.3, -0.25) is 4.79 Å².